The van der Waals surface area contributed by atoms with Crippen molar-refractivity contribution in [2.75, 3.05) is 31.4 Å². The summed E-state index contributed by atoms with van der Waals surface area (Å²) in [7, 11) is 5.26. The topological polar surface area (TPSA) is 74.7 Å². The van der Waals surface area contributed by atoms with Crippen LogP contribution in [0.3, 0.4) is 0 Å². The van der Waals surface area contributed by atoms with Crippen molar-refractivity contribution in [3.05, 3.63) is 66.2 Å². The Hall–Kier alpha value is -3.54. The average Bonchev–Trinajstić information content (AvgIpc) is 2.68. The number of hydrogen-bond donors (Lipinski definition) is 2. The van der Waals surface area contributed by atoms with E-state index in [4.69, 9.17) is 4.74 Å². The fourth-order valence-corrected chi connectivity index (χ4v) is 2.66. The number of hydrogen-bond acceptors (Lipinski definition) is 5. The summed E-state index contributed by atoms with van der Waals surface area (Å²) in [5.74, 6) is 1.17. The number of aromatic hydroxyl groups is 1. The second-order valence-corrected chi connectivity index (χ2v) is 6.20. The van der Waals surface area contributed by atoms with Crippen LogP contribution in [-0.4, -0.2) is 37.2 Å². The van der Waals surface area contributed by atoms with Crippen molar-refractivity contribution in [1.82, 2.24) is 4.98 Å². The molecule has 3 aromatic rings. The lowest BCUT2D eigenvalue weighted by Crippen LogP contribution is -2.20. The number of nitrogens with zero attached hydrogens (tertiary/aromatic N) is 2. The largest absolute Gasteiger partial charge is 0.508 e. The van der Waals surface area contributed by atoms with Gasteiger partial charge in [-0.25, -0.2) is 4.98 Å². The number of pyridine rings is 1. The SMILES string of the molecule is COc1cccc(NC(=O)c2ccc(-c3ccc(O)cc3)nc2N(C)C)c1. The molecule has 0 spiro atoms. The molecule has 1 aromatic heterocycles. The minimum atomic E-state index is -0.253. The molecule has 6 heteroatoms. The van der Waals surface area contributed by atoms with E-state index in [-0.39, 0.29) is 11.7 Å². The molecule has 0 aliphatic carbocycles. The van der Waals surface area contributed by atoms with Crippen LogP contribution in [-0.2, 0) is 0 Å². The number of carbonyl (C=O) groups excluding carboxylic acids is 1. The van der Waals surface area contributed by atoms with Gasteiger partial charge >= 0.3 is 0 Å². The minimum Gasteiger partial charge on any atom is -0.508 e. The van der Waals surface area contributed by atoms with Crippen molar-refractivity contribution < 1.29 is 14.6 Å². The summed E-state index contributed by atoms with van der Waals surface area (Å²) in [6, 6.07) is 17.5. The van der Waals surface area contributed by atoms with Gasteiger partial charge in [0.1, 0.15) is 17.3 Å². The highest BCUT2D eigenvalue weighted by atomic mass is 16.5. The van der Waals surface area contributed by atoms with Gasteiger partial charge < -0.3 is 20.1 Å². The van der Waals surface area contributed by atoms with Crippen LogP contribution >= 0.6 is 0 Å². The van der Waals surface area contributed by atoms with Crippen LogP contribution in [0, 0.1) is 0 Å². The third-order valence-electron chi connectivity index (χ3n) is 4.03. The Bertz CT molecular complexity index is 953. The second kappa shape index (κ2) is 7.78. The van der Waals surface area contributed by atoms with E-state index in [9.17, 15) is 9.90 Å². The van der Waals surface area contributed by atoms with E-state index in [0.717, 1.165) is 11.3 Å². The van der Waals surface area contributed by atoms with Crippen molar-refractivity contribution in [2.45, 2.75) is 0 Å². The van der Waals surface area contributed by atoms with Crippen molar-refractivity contribution in [3.63, 3.8) is 0 Å². The number of anilines is 2. The van der Waals surface area contributed by atoms with Crippen molar-refractivity contribution in [3.8, 4) is 22.8 Å². The molecule has 0 unspecified atom stereocenters. The second-order valence-electron chi connectivity index (χ2n) is 6.20. The minimum absolute atomic E-state index is 0.195. The van der Waals surface area contributed by atoms with E-state index in [2.05, 4.69) is 10.3 Å². The standard InChI is InChI=1S/C21H21N3O3/c1-24(2)20-18(21(26)22-15-5-4-6-17(13-15)27-3)11-12-19(23-20)14-7-9-16(25)10-8-14/h4-13,25H,1-3H3,(H,22,26). The Morgan fingerprint density at radius 1 is 1.07 bits per heavy atom. The van der Waals surface area contributed by atoms with Crippen LogP contribution in [0.5, 0.6) is 11.5 Å². The predicted molar refractivity (Wildman–Crippen MR) is 107 cm³/mol. The van der Waals surface area contributed by atoms with Crippen molar-refractivity contribution in [1.29, 1.82) is 0 Å². The first kappa shape index (κ1) is 18.3. The molecule has 0 atom stereocenters. The molecular formula is C21H21N3O3. The fraction of sp³-hybridized carbons (Fsp3) is 0.143. The van der Waals surface area contributed by atoms with E-state index in [1.807, 2.05) is 26.2 Å². The Balaban J connectivity index is 1.92. The summed E-state index contributed by atoms with van der Waals surface area (Å²) in [6.07, 6.45) is 0. The van der Waals surface area contributed by atoms with Gasteiger partial charge in [0.05, 0.1) is 18.4 Å². The van der Waals surface area contributed by atoms with Gasteiger partial charge in [-0.2, -0.15) is 0 Å². The predicted octanol–water partition coefficient (Wildman–Crippen LogP) is 3.78. The van der Waals surface area contributed by atoms with E-state index in [0.29, 0.717) is 22.8 Å². The van der Waals surface area contributed by atoms with Crippen LogP contribution in [0.25, 0.3) is 11.3 Å². The van der Waals surface area contributed by atoms with E-state index in [1.165, 1.54) is 0 Å². The zero-order valence-corrected chi connectivity index (χ0v) is 15.4. The van der Waals surface area contributed by atoms with Crippen molar-refractivity contribution in [2.24, 2.45) is 0 Å². The lowest BCUT2D eigenvalue weighted by molar-refractivity contribution is 0.102. The number of nitrogens with one attached hydrogen (secondary N) is 1. The molecule has 27 heavy (non-hydrogen) atoms. The maximum absolute atomic E-state index is 12.8. The maximum Gasteiger partial charge on any atom is 0.259 e. The Labute approximate surface area is 158 Å². The van der Waals surface area contributed by atoms with Crippen LogP contribution in [0.1, 0.15) is 10.4 Å². The highest BCUT2D eigenvalue weighted by Crippen LogP contribution is 2.26. The Kier molecular flexibility index (Phi) is 5.26. The van der Waals surface area contributed by atoms with Gasteiger partial charge in [-0.05, 0) is 48.5 Å². The molecule has 1 heterocycles. The molecule has 1 amide bonds. The van der Waals surface area contributed by atoms with Gasteiger partial charge in [0.15, 0.2) is 0 Å². The number of aromatic nitrogens is 1. The molecule has 2 N–H and O–H groups in total. The Morgan fingerprint density at radius 3 is 2.48 bits per heavy atom. The van der Waals surface area contributed by atoms with Gasteiger partial charge in [-0.3, -0.25) is 4.79 Å². The number of carbonyl (C=O) groups is 1. The summed E-state index contributed by atoms with van der Waals surface area (Å²) in [6.45, 7) is 0. The normalized spacial score (nSPS) is 10.3. The number of methoxy groups -OCH3 is 1. The summed E-state index contributed by atoms with van der Waals surface area (Å²) in [5.41, 5.74) is 2.68. The molecule has 0 fully saturated rings. The third-order valence-corrected chi connectivity index (χ3v) is 4.03. The molecule has 0 aliphatic heterocycles. The number of ether oxygens (including phenoxy) is 1. The number of phenolic OH excluding ortho intramolecular Hbond substituents is 1. The fourth-order valence-electron chi connectivity index (χ4n) is 2.66. The summed E-state index contributed by atoms with van der Waals surface area (Å²) < 4.78 is 5.19. The van der Waals surface area contributed by atoms with Gasteiger partial charge in [0.25, 0.3) is 5.91 Å². The van der Waals surface area contributed by atoms with Crippen molar-refractivity contribution >= 4 is 17.4 Å². The van der Waals surface area contributed by atoms with E-state index >= 15 is 0 Å². The van der Waals surface area contributed by atoms with Crippen LogP contribution < -0.4 is 15.0 Å². The first-order valence-corrected chi connectivity index (χ1v) is 8.41. The number of rotatable bonds is 5. The molecule has 6 nitrogen and oxygen atoms in total. The van der Waals surface area contributed by atoms with Crippen LogP contribution in [0.15, 0.2) is 60.7 Å². The summed E-state index contributed by atoms with van der Waals surface area (Å²) in [4.78, 5) is 19.2. The molecule has 138 valence electrons. The average molecular weight is 363 g/mol. The lowest BCUT2D eigenvalue weighted by Gasteiger charge is -2.17. The van der Waals surface area contributed by atoms with E-state index in [1.54, 1.807) is 60.5 Å². The molecule has 0 saturated heterocycles. The zero-order valence-electron chi connectivity index (χ0n) is 15.4. The molecule has 0 bridgehead atoms. The van der Waals surface area contributed by atoms with Gasteiger partial charge in [-0.15, -0.1) is 0 Å². The molecule has 3 rings (SSSR count). The highest BCUT2D eigenvalue weighted by molar-refractivity contribution is 6.07. The van der Waals surface area contributed by atoms with E-state index < -0.39 is 0 Å². The lowest BCUT2D eigenvalue weighted by atomic mass is 10.1. The summed E-state index contributed by atoms with van der Waals surface area (Å²) in [5, 5.41) is 12.3. The first-order chi connectivity index (χ1) is 13.0. The molecular weight excluding hydrogens is 342 g/mol. The molecule has 2 aromatic carbocycles. The molecule has 0 saturated carbocycles. The van der Waals surface area contributed by atoms with Gasteiger partial charge in [0, 0.05) is 31.4 Å². The molecule has 0 aliphatic rings. The maximum atomic E-state index is 12.8. The number of phenols is 1. The zero-order chi connectivity index (χ0) is 19.4. The quantitative estimate of drug-likeness (QED) is 0.722. The molecule has 0 radical (unpaired) electrons. The Morgan fingerprint density at radius 2 is 1.81 bits per heavy atom. The number of benzene rings is 2. The summed E-state index contributed by atoms with van der Waals surface area (Å²) >= 11 is 0. The van der Waals surface area contributed by atoms with Crippen LogP contribution in [0.4, 0.5) is 11.5 Å². The monoisotopic (exact) mass is 363 g/mol. The van der Waals surface area contributed by atoms with Crippen LogP contribution in [0.2, 0.25) is 0 Å². The van der Waals surface area contributed by atoms with Gasteiger partial charge in [0.2, 0.25) is 0 Å². The third kappa shape index (κ3) is 4.17. The smallest absolute Gasteiger partial charge is 0.259 e. The highest BCUT2D eigenvalue weighted by Gasteiger charge is 2.16. The number of amides is 1. The van der Waals surface area contributed by atoms with Gasteiger partial charge in [-0.1, -0.05) is 6.07 Å². The first-order valence-electron chi connectivity index (χ1n) is 8.41.